The van der Waals surface area contributed by atoms with Gasteiger partial charge in [-0.25, -0.2) is 9.67 Å². The smallest absolute Gasteiger partial charge is 0.254 e. The number of carbonyl (C=O) groups is 1. The van der Waals surface area contributed by atoms with Crippen LogP contribution in [0.4, 0.5) is 5.69 Å². The predicted molar refractivity (Wildman–Crippen MR) is 126 cm³/mol. The van der Waals surface area contributed by atoms with Crippen molar-refractivity contribution in [2.75, 3.05) is 11.9 Å². The lowest BCUT2D eigenvalue weighted by atomic mass is 9.95. The number of hydrogen-bond donors (Lipinski definition) is 2. The molecule has 6 heteroatoms. The van der Waals surface area contributed by atoms with Gasteiger partial charge in [0, 0.05) is 25.3 Å². The number of fused-ring (bicyclic) bond motifs is 1. The molecule has 1 saturated carbocycles. The van der Waals surface area contributed by atoms with Gasteiger partial charge in [0.15, 0.2) is 5.65 Å². The van der Waals surface area contributed by atoms with E-state index in [1.807, 2.05) is 10.9 Å². The zero-order valence-corrected chi connectivity index (χ0v) is 18.7. The summed E-state index contributed by atoms with van der Waals surface area (Å²) >= 11 is 0. The zero-order valence-electron chi connectivity index (χ0n) is 18.7. The van der Waals surface area contributed by atoms with E-state index in [0.29, 0.717) is 18.2 Å². The van der Waals surface area contributed by atoms with E-state index in [2.05, 4.69) is 58.8 Å². The van der Waals surface area contributed by atoms with Crippen LogP contribution in [0.25, 0.3) is 11.0 Å². The van der Waals surface area contributed by atoms with Crippen molar-refractivity contribution in [3.8, 4) is 0 Å². The molecule has 2 heterocycles. The molecule has 6 nitrogen and oxygen atoms in total. The van der Waals surface area contributed by atoms with Crippen molar-refractivity contribution in [1.82, 2.24) is 20.1 Å². The molecule has 0 atom stereocenters. The Balaban J connectivity index is 1.47. The Bertz CT molecular complexity index is 1020. The van der Waals surface area contributed by atoms with Gasteiger partial charge >= 0.3 is 0 Å². The van der Waals surface area contributed by atoms with Gasteiger partial charge in [0.1, 0.15) is 0 Å². The fourth-order valence-electron chi connectivity index (χ4n) is 4.38. The average Bonchev–Trinajstić information content (AvgIpc) is 3.22. The summed E-state index contributed by atoms with van der Waals surface area (Å²) in [4.78, 5) is 17.6. The molecule has 0 bridgehead atoms. The predicted octanol–water partition coefficient (Wildman–Crippen LogP) is 4.87. The van der Waals surface area contributed by atoms with Gasteiger partial charge in [-0.1, -0.05) is 49.1 Å². The van der Waals surface area contributed by atoms with Crippen molar-refractivity contribution in [3.05, 3.63) is 53.3 Å². The zero-order chi connectivity index (χ0) is 21.6. The summed E-state index contributed by atoms with van der Waals surface area (Å²) in [7, 11) is 0. The first-order valence-electron chi connectivity index (χ1n) is 11.6. The maximum Gasteiger partial charge on any atom is 0.254 e. The van der Waals surface area contributed by atoms with Gasteiger partial charge in [-0.15, -0.1) is 0 Å². The van der Waals surface area contributed by atoms with Gasteiger partial charge in [-0.05, 0) is 45.1 Å². The van der Waals surface area contributed by atoms with Gasteiger partial charge in [0.05, 0.1) is 22.8 Å². The van der Waals surface area contributed by atoms with Crippen molar-refractivity contribution < 1.29 is 4.79 Å². The summed E-state index contributed by atoms with van der Waals surface area (Å²) in [5.74, 6) is -0.0686. The third-order valence-corrected chi connectivity index (χ3v) is 6.21. The number of pyridine rings is 1. The van der Waals surface area contributed by atoms with E-state index >= 15 is 0 Å². The number of carbonyl (C=O) groups excluding carboxylic acids is 1. The maximum absolute atomic E-state index is 13.1. The molecular formula is C25H33N5O. The molecule has 2 N–H and O–H groups in total. The second kappa shape index (κ2) is 9.94. The summed E-state index contributed by atoms with van der Waals surface area (Å²) in [6.07, 6.45) is 11.5. The molecule has 4 rings (SSSR count). The van der Waals surface area contributed by atoms with Crippen molar-refractivity contribution in [1.29, 1.82) is 0 Å². The minimum absolute atomic E-state index is 0.0686. The Labute approximate surface area is 184 Å². The van der Waals surface area contributed by atoms with E-state index in [-0.39, 0.29) is 5.91 Å². The Kier molecular flexibility index (Phi) is 6.85. The third kappa shape index (κ3) is 5.06. The molecule has 31 heavy (non-hydrogen) atoms. The normalized spacial score (nSPS) is 14.6. The van der Waals surface area contributed by atoms with E-state index < -0.39 is 0 Å². The first-order valence-corrected chi connectivity index (χ1v) is 11.6. The van der Waals surface area contributed by atoms with Crippen LogP contribution in [0.5, 0.6) is 0 Å². The molecular weight excluding hydrogens is 386 g/mol. The molecule has 0 aliphatic heterocycles. The van der Waals surface area contributed by atoms with Crippen molar-refractivity contribution in [2.24, 2.45) is 0 Å². The van der Waals surface area contributed by atoms with E-state index in [1.165, 1.54) is 30.4 Å². The molecule has 2 aromatic heterocycles. The molecule has 1 amide bonds. The average molecular weight is 420 g/mol. The quantitative estimate of drug-likeness (QED) is 0.511. The summed E-state index contributed by atoms with van der Waals surface area (Å²) in [6.45, 7) is 5.54. The molecule has 0 radical (unpaired) electrons. The Hall–Kier alpha value is -2.89. The minimum atomic E-state index is -0.0686. The van der Waals surface area contributed by atoms with Crippen molar-refractivity contribution in [3.63, 3.8) is 0 Å². The van der Waals surface area contributed by atoms with Gasteiger partial charge in [-0.3, -0.25) is 4.79 Å². The first-order chi connectivity index (χ1) is 15.2. The molecule has 1 aliphatic carbocycles. The number of anilines is 1. The fourth-order valence-corrected chi connectivity index (χ4v) is 4.38. The third-order valence-electron chi connectivity index (χ3n) is 6.21. The van der Waals surface area contributed by atoms with Crippen LogP contribution in [0.2, 0.25) is 0 Å². The van der Waals surface area contributed by atoms with Crippen molar-refractivity contribution >= 4 is 22.6 Å². The minimum Gasteiger partial charge on any atom is -0.381 e. The monoisotopic (exact) mass is 419 g/mol. The Morgan fingerprint density at radius 1 is 1.13 bits per heavy atom. The topological polar surface area (TPSA) is 71.8 Å². The number of amides is 1. The van der Waals surface area contributed by atoms with Gasteiger partial charge in [0.25, 0.3) is 5.91 Å². The molecule has 0 unspecified atom stereocenters. The SMILES string of the molecule is CCn1ncc2c(NC3CCCCC3)c(C(=O)NCCCc3ccc(C)cc3)cnc21. The van der Waals surface area contributed by atoms with Crippen LogP contribution in [0.3, 0.4) is 0 Å². The fraction of sp³-hybridized carbons (Fsp3) is 0.480. The lowest BCUT2D eigenvalue weighted by Gasteiger charge is -2.25. The lowest BCUT2D eigenvalue weighted by molar-refractivity contribution is 0.0953. The van der Waals surface area contributed by atoms with Gasteiger partial charge in [-0.2, -0.15) is 5.10 Å². The number of aromatic nitrogens is 3. The van der Waals surface area contributed by atoms with Crippen LogP contribution < -0.4 is 10.6 Å². The highest BCUT2D eigenvalue weighted by Gasteiger charge is 2.21. The van der Waals surface area contributed by atoms with E-state index in [1.54, 1.807) is 6.20 Å². The first kappa shape index (κ1) is 21.3. The standard InChI is InChI=1S/C25H33N5O/c1-3-30-24-21(17-28-30)23(29-20-9-5-4-6-10-20)22(16-27-24)25(31)26-15-7-8-19-13-11-18(2)12-14-19/h11-14,16-17,20H,3-10,15H2,1-2H3,(H,26,31)(H,27,29). The molecule has 0 spiro atoms. The molecule has 1 aromatic carbocycles. The lowest BCUT2D eigenvalue weighted by Crippen LogP contribution is -2.28. The highest BCUT2D eigenvalue weighted by Crippen LogP contribution is 2.29. The van der Waals surface area contributed by atoms with Crippen LogP contribution in [0.1, 0.15) is 66.9 Å². The number of benzene rings is 1. The molecule has 3 aromatic rings. The van der Waals surface area contributed by atoms with E-state index in [9.17, 15) is 4.79 Å². The van der Waals surface area contributed by atoms with Gasteiger partial charge in [0.2, 0.25) is 0 Å². The summed E-state index contributed by atoms with van der Waals surface area (Å²) < 4.78 is 1.88. The highest BCUT2D eigenvalue weighted by atomic mass is 16.1. The number of rotatable bonds is 8. The molecule has 164 valence electrons. The van der Waals surface area contributed by atoms with Crippen LogP contribution in [0.15, 0.2) is 36.7 Å². The van der Waals surface area contributed by atoms with Crippen LogP contribution in [-0.2, 0) is 13.0 Å². The van der Waals surface area contributed by atoms with Crippen molar-refractivity contribution in [2.45, 2.75) is 71.4 Å². The van der Waals surface area contributed by atoms with Gasteiger partial charge < -0.3 is 10.6 Å². The summed E-state index contributed by atoms with van der Waals surface area (Å²) in [6, 6.07) is 8.99. The van der Waals surface area contributed by atoms with Crippen LogP contribution in [-0.4, -0.2) is 33.3 Å². The second-order valence-corrected chi connectivity index (χ2v) is 8.57. The molecule has 1 fully saturated rings. The summed E-state index contributed by atoms with van der Waals surface area (Å²) in [5.41, 5.74) is 4.90. The van der Waals surface area contributed by atoms with E-state index in [4.69, 9.17) is 0 Å². The highest BCUT2D eigenvalue weighted by molar-refractivity contribution is 6.06. The van der Waals surface area contributed by atoms with E-state index in [0.717, 1.165) is 48.9 Å². The number of aryl methyl sites for hydroxylation is 3. The number of nitrogens with one attached hydrogen (secondary N) is 2. The molecule has 1 aliphatic rings. The Morgan fingerprint density at radius 3 is 2.65 bits per heavy atom. The number of nitrogens with zero attached hydrogens (tertiary/aromatic N) is 3. The van der Waals surface area contributed by atoms with Crippen LogP contribution in [0, 0.1) is 6.92 Å². The maximum atomic E-state index is 13.1. The second-order valence-electron chi connectivity index (χ2n) is 8.57. The Morgan fingerprint density at radius 2 is 1.90 bits per heavy atom. The van der Waals surface area contributed by atoms with Crippen LogP contribution >= 0.6 is 0 Å². The molecule has 0 saturated heterocycles. The summed E-state index contributed by atoms with van der Waals surface area (Å²) in [5, 5.41) is 12.2. The largest absolute Gasteiger partial charge is 0.381 e. The number of hydrogen-bond acceptors (Lipinski definition) is 4.